The first kappa shape index (κ1) is 23.5. The van der Waals surface area contributed by atoms with Crippen molar-refractivity contribution in [2.24, 2.45) is 0 Å². The van der Waals surface area contributed by atoms with Crippen molar-refractivity contribution in [2.75, 3.05) is 67.1 Å². The number of rotatable bonds is 9. The molecule has 0 aromatic heterocycles. The van der Waals surface area contributed by atoms with Crippen molar-refractivity contribution in [1.82, 2.24) is 14.7 Å². The van der Waals surface area contributed by atoms with Crippen molar-refractivity contribution in [3.63, 3.8) is 0 Å². The fourth-order valence-electron chi connectivity index (χ4n) is 3.46. The molecule has 0 aliphatic carbocycles. The molecule has 1 heterocycles. The van der Waals surface area contributed by atoms with Gasteiger partial charge in [-0.25, -0.2) is 0 Å². The summed E-state index contributed by atoms with van der Waals surface area (Å²) in [6.45, 7) is 8.40. The lowest BCUT2D eigenvalue weighted by Crippen LogP contribution is -2.51. The minimum absolute atomic E-state index is 0.0570. The molecule has 2 rings (SSSR count). The number of nitrogens with zero attached hydrogens (tertiary/aromatic N) is 3. The van der Waals surface area contributed by atoms with Crippen LogP contribution in [0.4, 0.5) is 0 Å². The molecule has 1 fully saturated rings. The van der Waals surface area contributed by atoms with Crippen LogP contribution in [0, 0.1) is 0 Å². The Bertz CT molecular complexity index is 728. The first-order chi connectivity index (χ1) is 14.5. The number of ether oxygens (including phenoxy) is 3. The van der Waals surface area contributed by atoms with Gasteiger partial charge in [-0.3, -0.25) is 14.5 Å². The Morgan fingerprint density at radius 3 is 2.00 bits per heavy atom. The molecule has 166 valence electrons. The van der Waals surface area contributed by atoms with Crippen LogP contribution < -0.4 is 14.2 Å². The summed E-state index contributed by atoms with van der Waals surface area (Å²) in [5.74, 6) is 1.67. The number of benzene rings is 1. The standard InChI is InChI=1S/C22H33N3O5/c1-6-24(7-2)21(27)16-23-10-12-25(13-11-23)20(26)9-8-17-14-18(28-3)22(30-5)19(15-17)29-4/h8-9,14-15H,6-7,10-13,16H2,1-5H3/b9-8+. The molecule has 2 amide bonds. The molecule has 0 bridgehead atoms. The normalized spacial score (nSPS) is 14.6. The van der Waals surface area contributed by atoms with E-state index in [1.54, 1.807) is 50.5 Å². The van der Waals surface area contributed by atoms with E-state index in [1.807, 2.05) is 18.7 Å². The number of likely N-dealkylation sites (N-methyl/N-ethyl adjacent to an activating group) is 1. The van der Waals surface area contributed by atoms with Gasteiger partial charge in [-0.1, -0.05) is 0 Å². The van der Waals surface area contributed by atoms with E-state index in [0.29, 0.717) is 50.0 Å². The summed E-state index contributed by atoms with van der Waals surface area (Å²) in [7, 11) is 4.66. The fraction of sp³-hybridized carbons (Fsp3) is 0.545. The molecule has 8 heteroatoms. The van der Waals surface area contributed by atoms with Crippen LogP contribution in [-0.4, -0.2) is 93.7 Å². The lowest BCUT2D eigenvalue weighted by molar-refractivity contribution is -0.133. The number of hydrogen-bond donors (Lipinski definition) is 0. The summed E-state index contributed by atoms with van der Waals surface area (Å²) in [6, 6.07) is 3.59. The average Bonchev–Trinajstić information content (AvgIpc) is 2.77. The molecule has 0 saturated carbocycles. The fourth-order valence-corrected chi connectivity index (χ4v) is 3.46. The number of hydrogen-bond acceptors (Lipinski definition) is 6. The van der Waals surface area contributed by atoms with Gasteiger partial charge in [-0.15, -0.1) is 0 Å². The summed E-state index contributed by atoms with van der Waals surface area (Å²) >= 11 is 0. The Balaban J connectivity index is 1.95. The topological polar surface area (TPSA) is 71.6 Å². The third-order valence-corrected chi connectivity index (χ3v) is 5.26. The molecule has 8 nitrogen and oxygen atoms in total. The Morgan fingerprint density at radius 2 is 1.53 bits per heavy atom. The first-order valence-corrected chi connectivity index (χ1v) is 10.2. The Hall–Kier alpha value is -2.74. The van der Waals surface area contributed by atoms with Crippen LogP contribution in [0.25, 0.3) is 6.08 Å². The van der Waals surface area contributed by atoms with Crippen LogP contribution in [0.3, 0.4) is 0 Å². The molecule has 30 heavy (non-hydrogen) atoms. The number of amides is 2. The van der Waals surface area contributed by atoms with Crippen molar-refractivity contribution in [3.05, 3.63) is 23.8 Å². The van der Waals surface area contributed by atoms with Gasteiger partial charge in [-0.2, -0.15) is 0 Å². The van der Waals surface area contributed by atoms with Crippen molar-refractivity contribution < 1.29 is 23.8 Å². The van der Waals surface area contributed by atoms with E-state index >= 15 is 0 Å². The van der Waals surface area contributed by atoms with Crippen LogP contribution in [-0.2, 0) is 9.59 Å². The summed E-state index contributed by atoms with van der Waals surface area (Å²) in [6.07, 6.45) is 3.29. The maximum atomic E-state index is 12.6. The minimum Gasteiger partial charge on any atom is -0.493 e. The minimum atomic E-state index is -0.0570. The number of carbonyl (C=O) groups excluding carboxylic acids is 2. The molecule has 1 aliphatic rings. The molecule has 1 aromatic carbocycles. The largest absolute Gasteiger partial charge is 0.493 e. The summed E-state index contributed by atoms with van der Waals surface area (Å²) in [5, 5.41) is 0. The molecule has 0 radical (unpaired) electrons. The molecular weight excluding hydrogens is 386 g/mol. The van der Waals surface area contributed by atoms with Crippen LogP contribution in [0.2, 0.25) is 0 Å². The van der Waals surface area contributed by atoms with E-state index < -0.39 is 0 Å². The van der Waals surface area contributed by atoms with Gasteiger partial charge in [0.25, 0.3) is 0 Å². The zero-order chi connectivity index (χ0) is 22.1. The van der Waals surface area contributed by atoms with Crippen LogP contribution in [0.1, 0.15) is 19.4 Å². The molecule has 0 atom stereocenters. The molecule has 1 saturated heterocycles. The van der Waals surface area contributed by atoms with E-state index in [2.05, 4.69) is 4.90 Å². The van der Waals surface area contributed by atoms with Gasteiger partial charge in [0.2, 0.25) is 17.6 Å². The molecule has 0 unspecified atom stereocenters. The summed E-state index contributed by atoms with van der Waals surface area (Å²) in [5.41, 5.74) is 0.779. The summed E-state index contributed by atoms with van der Waals surface area (Å²) in [4.78, 5) is 30.6. The van der Waals surface area contributed by atoms with Crippen LogP contribution in [0.5, 0.6) is 17.2 Å². The average molecular weight is 420 g/mol. The second-order valence-electron chi connectivity index (χ2n) is 6.96. The molecule has 1 aromatic rings. The van der Waals surface area contributed by atoms with Gasteiger partial charge in [0.1, 0.15) is 0 Å². The van der Waals surface area contributed by atoms with E-state index in [-0.39, 0.29) is 11.8 Å². The highest BCUT2D eigenvalue weighted by molar-refractivity contribution is 5.92. The third-order valence-electron chi connectivity index (χ3n) is 5.26. The SMILES string of the molecule is CCN(CC)C(=O)CN1CCN(C(=O)/C=C/c2cc(OC)c(OC)c(OC)c2)CC1. The first-order valence-electron chi connectivity index (χ1n) is 10.2. The van der Waals surface area contributed by atoms with Gasteiger partial charge in [0, 0.05) is 45.3 Å². The van der Waals surface area contributed by atoms with Crippen molar-refractivity contribution in [2.45, 2.75) is 13.8 Å². The number of piperazine rings is 1. The predicted octanol–water partition coefficient (Wildman–Crippen LogP) is 1.74. The molecular formula is C22H33N3O5. The Labute approximate surface area is 179 Å². The molecule has 0 spiro atoms. The van der Waals surface area contributed by atoms with E-state index in [1.165, 1.54) is 0 Å². The summed E-state index contributed by atoms with van der Waals surface area (Å²) < 4.78 is 16.0. The van der Waals surface area contributed by atoms with Crippen molar-refractivity contribution >= 4 is 17.9 Å². The zero-order valence-electron chi connectivity index (χ0n) is 18.6. The van der Waals surface area contributed by atoms with Crippen LogP contribution >= 0.6 is 0 Å². The monoisotopic (exact) mass is 419 g/mol. The maximum Gasteiger partial charge on any atom is 0.246 e. The highest BCUT2D eigenvalue weighted by Crippen LogP contribution is 2.38. The maximum absolute atomic E-state index is 12.6. The second kappa shape index (κ2) is 11.4. The van der Waals surface area contributed by atoms with E-state index in [4.69, 9.17) is 14.2 Å². The number of methoxy groups -OCH3 is 3. The highest BCUT2D eigenvalue weighted by Gasteiger charge is 2.22. The van der Waals surface area contributed by atoms with Gasteiger partial charge >= 0.3 is 0 Å². The smallest absolute Gasteiger partial charge is 0.246 e. The zero-order valence-corrected chi connectivity index (χ0v) is 18.6. The van der Waals surface area contributed by atoms with Crippen molar-refractivity contribution in [1.29, 1.82) is 0 Å². The molecule has 1 aliphatic heterocycles. The Morgan fingerprint density at radius 1 is 0.967 bits per heavy atom. The lowest BCUT2D eigenvalue weighted by atomic mass is 10.1. The van der Waals surface area contributed by atoms with E-state index in [9.17, 15) is 9.59 Å². The van der Waals surface area contributed by atoms with Gasteiger partial charge in [0.15, 0.2) is 11.5 Å². The van der Waals surface area contributed by atoms with E-state index in [0.717, 1.165) is 18.7 Å². The van der Waals surface area contributed by atoms with Gasteiger partial charge in [0.05, 0.1) is 27.9 Å². The number of carbonyl (C=O) groups is 2. The van der Waals surface area contributed by atoms with Crippen molar-refractivity contribution in [3.8, 4) is 17.2 Å². The highest BCUT2D eigenvalue weighted by atomic mass is 16.5. The predicted molar refractivity (Wildman–Crippen MR) is 116 cm³/mol. The lowest BCUT2D eigenvalue weighted by Gasteiger charge is -2.34. The Kier molecular flexibility index (Phi) is 8.98. The van der Waals surface area contributed by atoms with Gasteiger partial charge in [-0.05, 0) is 37.6 Å². The molecule has 0 N–H and O–H groups in total. The van der Waals surface area contributed by atoms with Gasteiger partial charge < -0.3 is 24.0 Å². The second-order valence-corrected chi connectivity index (χ2v) is 6.96. The quantitative estimate of drug-likeness (QED) is 0.568. The third kappa shape index (κ3) is 5.89. The van der Waals surface area contributed by atoms with Crippen LogP contribution in [0.15, 0.2) is 18.2 Å².